The van der Waals surface area contributed by atoms with Gasteiger partial charge in [-0.1, -0.05) is 17.4 Å². The van der Waals surface area contributed by atoms with Gasteiger partial charge in [0.25, 0.3) is 5.91 Å². The van der Waals surface area contributed by atoms with E-state index < -0.39 is 11.6 Å². The fourth-order valence-corrected chi connectivity index (χ4v) is 3.89. The third kappa shape index (κ3) is 3.36. The van der Waals surface area contributed by atoms with Crippen molar-refractivity contribution in [3.05, 3.63) is 71.3 Å². The minimum atomic E-state index is -0.767. The van der Waals surface area contributed by atoms with Crippen LogP contribution in [0.25, 0.3) is 10.2 Å². The van der Waals surface area contributed by atoms with Crippen LogP contribution in [0.3, 0.4) is 0 Å². The van der Waals surface area contributed by atoms with Crippen molar-refractivity contribution in [2.75, 3.05) is 4.90 Å². The molecular weight excluding hydrogens is 384 g/mol. The Labute approximate surface area is 163 Å². The van der Waals surface area contributed by atoms with Crippen molar-refractivity contribution >= 4 is 32.6 Å². The molecule has 1 aromatic carbocycles. The Kier molecular flexibility index (Phi) is 4.60. The van der Waals surface area contributed by atoms with E-state index >= 15 is 0 Å². The summed E-state index contributed by atoms with van der Waals surface area (Å²) in [5.74, 6) is -1.84. The number of anilines is 1. The third-order valence-corrected chi connectivity index (χ3v) is 5.16. The van der Waals surface area contributed by atoms with Crippen LogP contribution in [-0.2, 0) is 13.6 Å². The van der Waals surface area contributed by atoms with Gasteiger partial charge in [0.15, 0.2) is 16.6 Å². The topological polar surface area (TPSA) is 63.9 Å². The maximum atomic E-state index is 14.1. The second-order valence-electron chi connectivity index (χ2n) is 6.28. The molecule has 0 aliphatic heterocycles. The number of aromatic nitrogens is 4. The Hall–Kier alpha value is -3.20. The van der Waals surface area contributed by atoms with Gasteiger partial charge >= 0.3 is 0 Å². The number of carbonyl (C=O) groups excluding carboxylic acids is 1. The highest BCUT2D eigenvalue weighted by Gasteiger charge is 2.26. The maximum Gasteiger partial charge on any atom is 0.281 e. The fraction of sp³-hybridized carbons (Fsp3) is 0.158. The predicted octanol–water partition coefficient (Wildman–Crippen LogP) is 3.86. The Morgan fingerprint density at radius 1 is 1.29 bits per heavy atom. The zero-order valence-electron chi connectivity index (χ0n) is 15.1. The Morgan fingerprint density at radius 3 is 2.79 bits per heavy atom. The number of aryl methyl sites for hydroxylation is 2. The summed E-state index contributed by atoms with van der Waals surface area (Å²) in [6.07, 6.45) is 3.36. The standard InChI is InChI=1S/C19H15F2N5OS/c1-11-9-25(2)24-16(11)18(27)26(10-13-5-3-4-6-22-13)19-23-17-14(21)7-12(20)8-15(17)28-19/h3-9H,10H2,1-2H3. The normalized spacial score (nSPS) is 11.1. The zero-order chi connectivity index (χ0) is 19.8. The van der Waals surface area contributed by atoms with Crippen LogP contribution in [0.15, 0.2) is 42.7 Å². The van der Waals surface area contributed by atoms with Crippen molar-refractivity contribution in [3.63, 3.8) is 0 Å². The highest BCUT2D eigenvalue weighted by molar-refractivity contribution is 7.22. The number of pyridine rings is 1. The summed E-state index contributed by atoms with van der Waals surface area (Å²) in [7, 11) is 1.72. The van der Waals surface area contributed by atoms with E-state index in [0.717, 1.165) is 17.4 Å². The SMILES string of the molecule is Cc1cn(C)nc1C(=O)N(Cc1ccccn1)c1nc2c(F)cc(F)cc2s1. The third-order valence-electron chi connectivity index (χ3n) is 4.14. The maximum absolute atomic E-state index is 14.1. The largest absolute Gasteiger partial charge is 0.281 e. The minimum absolute atomic E-state index is 0.0259. The first-order chi connectivity index (χ1) is 13.4. The van der Waals surface area contributed by atoms with Gasteiger partial charge in [-0.15, -0.1) is 0 Å². The van der Waals surface area contributed by atoms with E-state index in [2.05, 4.69) is 15.1 Å². The summed E-state index contributed by atoms with van der Waals surface area (Å²) < 4.78 is 29.6. The van der Waals surface area contributed by atoms with Crippen LogP contribution in [-0.4, -0.2) is 25.7 Å². The summed E-state index contributed by atoms with van der Waals surface area (Å²) in [6, 6.07) is 7.34. The van der Waals surface area contributed by atoms with Crippen molar-refractivity contribution < 1.29 is 13.6 Å². The first-order valence-electron chi connectivity index (χ1n) is 8.40. The summed E-state index contributed by atoms with van der Waals surface area (Å²) in [4.78, 5) is 23.1. The van der Waals surface area contributed by atoms with Crippen molar-refractivity contribution in [2.24, 2.45) is 7.05 Å². The molecule has 6 nitrogen and oxygen atoms in total. The number of rotatable bonds is 4. The van der Waals surface area contributed by atoms with Crippen LogP contribution in [0, 0.1) is 18.6 Å². The van der Waals surface area contributed by atoms with Gasteiger partial charge in [-0.3, -0.25) is 19.4 Å². The molecule has 0 aliphatic carbocycles. The molecule has 0 fully saturated rings. The molecule has 0 spiro atoms. The van der Waals surface area contributed by atoms with Gasteiger partial charge in [0.2, 0.25) is 0 Å². The number of benzene rings is 1. The van der Waals surface area contributed by atoms with Crippen molar-refractivity contribution in [1.29, 1.82) is 0 Å². The lowest BCUT2D eigenvalue weighted by Crippen LogP contribution is -2.31. The smallest absolute Gasteiger partial charge is 0.276 e. The molecule has 0 aliphatic rings. The van der Waals surface area contributed by atoms with Crippen LogP contribution < -0.4 is 4.90 Å². The molecule has 0 saturated heterocycles. The van der Waals surface area contributed by atoms with Crippen LogP contribution >= 0.6 is 11.3 Å². The average Bonchev–Trinajstić information content (AvgIpc) is 3.22. The second-order valence-corrected chi connectivity index (χ2v) is 7.29. The van der Waals surface area contributed by atoms with E-state index in [1.165, 1.54) is 11.0 Å². The number of fused-ring (bicyclic) bond motifs is 1. The van der Waals surface area contributed by atoms with Gasteiger partial charge in [0.05, 0.1) is 16.9 Å². The van der Waals surface area contributed by atoms with Crippen LogP contribution in [0.1, 0.15) is 21.7 Å². The summed E-state index contributed by atoms with van der Waals surface area (Å²) in [6.45, 7) is 1.91. The quantitative estimate of drug-likeness (QED) is 0.523. The van der Waals surface area contributed by atoms with E-state index in [4.69, 9.17) is 0 Å². The molecule has 1 amide bonds. The van der Waals surface area contributed by atoms with E-state index in [1.54, 1.807) is 43.2 Å². The first kappa shape index (κ1) is 18.2. The van der Waals surface area contributed by atoms with E-state index in [9.17, 15) is 13.6 Å². The predicted molar refractivity (Wildman–Crippen MR) is 102 cm³/mol. The lowest BCUT2D eigenvalue weighted by Gasteiger charge is -2.18. The van der Waals surface area contributed by atoms with Gasteiger partial charge < -0.3 is 0 Å². The van der Waals surface area contributed by atoms with Gasteiger partial charge in [-0.2, -0.15) is 5.10 Å². The average molecular weight is 399 g/mol. The number of halogens is 2. The van der Waals surface area contributed by atoms with Gasteiger partial charge in [0.1, 0.15) is 11.3 Å². The molecule has 0 saturated carbocycles. The molecule has 142 valence electrons. The lowest BCUT2D eigenvalue weighted by molar-refractivity contribution is 0.0978. The number of hydrogen-bond acceptors (Lipinski definition) is 5. The highest BCUT2D eigenvalue weighted by Crippen LogP contribution is 2.32. The molecule has 9 heteroatoms. The summed E-state index contributed by atoms with van der Waals surface area (Å²) in [5, 5.41) is 4.48. The molecule has 4 rings (SSSR count). The monoisotopic (exact) mass is 399 g/mol. The number of carbonyl (C=O) groups is 1. The Bertz CT molecular complexity index is 1170. The van der Waals surface area contributed by atoms with E-state index in [0.29, 0.717) is 16.0 Å². The van der Waals surface area contributed by atoms with Crippen LogP contribution in [0.5, 0.6) is 0 Å². The molecule has 28 heavy (non-hydrogen) atoms. The highest BCUT2D eigenvalue weighted by atomic mass is 32.1. The summed E-state index contributed by atoms with van der Waals surface area (Å²) in [5.41, 5.74) is 1.63. The Morgan fingerprint density at radius 2 is 2.11 bits per heavy atom. The van der Waals surface area contributed by atoms with Gasteiger partial charge in [0, 0.05) is 31.1 Å². The molecule has 0 radical (unpaired) electrons. The van der Waals surface area contributed by atoms with E-state index in [-0.39, 0.29) is 28.8 Å². The second kappa shape index (κ2) is 7.08. The molecule has 0 bridgehead atoms. The molecule has 4 aromatic rings. The molecule has 0 atom stereocenters. The molecule has 0 unspecified atom stereocenters. The van der Waals surface area contributed by atoms with E-state index in [1.807, 2.05) is 6.07 Å². The number of thiazole rings is 1. The molecular formula is C19H15F2N5OS. The van der Waals surface area contributed by atoms with Gasteiger partial charge in [-0.05, 0) is 25.1 Å². The zero-order valence-corrected chi connectivity index (χ0v) is 15.9. The minimum Gasteiger partial charge on any atom is -0.276 e. The van der Waals surface area contributed by atoms with Crippen LogP contribution in [0.2, 0.25) is 0 Å². The van der Waals surface area contributed by atoms with Crippen LogP contribution in [0.4, 0.5) is 13.9 Å². The Balaban J connectivity index is 1.82. The number of nitrogens with zero attached hydrogens (tertiary/aromatic N) is 5. The van der Waals surface area contributed by atoms with Crippen molar-refractivity contribution in [1.82, 2.24) is 19.7 Å². The van der Waals surface area contributed by atoms with Crippen molar-refractivity contribution in [3.8, 4) is 0 Å². The van der Waals surface area contributed by atoms with Gasteiger partial charge in [-0.25, -0.2) is 13.8 Å². The molecule has 3 aromatic heterocycles. The van der Waals surface area contributed by atoms with Crippen molar-refractivity contribution in [2.45, 2.75) is 13.5 Å². The molecule has 3 heterocycles. The lowest BCUT2D eigenvalue weighted by atomic mass is 10.2. The summed E-state index contributed by atoms with van der Waals surface area (Å²) >= 11 is 1.04. The first-order valence-corrected chi connectivity index (χ1v) is 9.21. The molecule has 0 N–H and O–H groups in total. The number of hydrogen-bond donors (Lipinski definition) is 0. The number of amides is 1. The fourth-order valence-electron chi connectivity index (χ4n) is 2.89.